The van der Waals surface area contributed by atoms with Crippen molar-refractivity contribution in [1.82, 2.24) is 14.9 Å². The van der Waals surface area contributed by atoms with Gasteiger partial charge in [-0.1, -0.05) is 17.7 Å². The van der Waals surface area contributed by atoms with Crippen LogP contribution < -0.4 is 10.1 Å². The van der Waals surface area contributed by atoms with Crippen LogP contribution in [-0.2, 0) is 16.0 Å². The summed E-state index contributed by atoms with van der Waals surface area (Å²) in [5.74, 6) is 0.502. The van der Waals surface area contributed by atoms with Crippen molar-refractivity contribution in [3.8, 4) is 5.75 Å². The van der Waals surface area contributed by atoms with Gasteiger partial charge in [-0.15, -0.1) is 0 Å². The molecule has 0 bridgehead atoms. The summed E-state index contributed by atoms with van der Waals surface area (Å²) in [4.78, 5) is 23.6. The highest BCUT2D eigenvalue weighted by molar-refractivity contribution is 6.31. The Morgan fingerprint density at radius 2 is 2.22 bits per heavy atom. The Kier molecular flexibility index (Phi) is 9.40. The van der Waals surface area contributed by atoms with E-state index >= 15 is 0 Å². The van der Waals surface area contributed by atoms with E-state index in [2.05, 4.69) is 15.3 Å². The predicted octanol–water partition coefficient (Wildman–Crippen LogP) is 4.32. The van der Waals surface area contributed by atoms with Crippen molar-refractivity contribution in [1.29, 1.82) is 0 Å². The molecule has 2 aromatic carbocycles. The molecule has 4 rings (SSSR count). The van der Waals surface area contributed by atoms with Crippen molar-refractivity contribution >= 4 is 39.8 Å². The van der Waals surface area contributed by atoms with E-state index in [0.29, 0.717) is 59.9 Å². The maximum absolute atomic E-state index is 13.6. The van der Waals surface area contributed by atoms with Gasteiger partial charge in [-0.25, -0.2) is 14.4 Å². The minimum absolute atomic E-state index is 0.00194. The molecule has 0 amide bonds. The number of carbonyl (C=O) groups excluding carboxylic acids is 1. The zero-order chi connectivity index (χ0) is 26.2. The number of ketones is 1. The van der Waals surface area contributed by atoms with Crippen LogP contribution in [0.1, 0.15) is 18.4 Å². The number of carbonyl (C=O) groups is 1. The van der Waals surface area contributed by atoms with Gasteiger partial charge in [0.25, 0.3) is 0 Å². The summed E-state index contributed by atoms with van der Waals surface area (Å²) in [5.41, 5.74) is 1.91. The third-order valence-electron chi connectivity index (χ3n) is 5.96. The van der Waals surface area contributed by atoms with E-state index in [4.69, 9.17) is 26.2 Å². The Morgan fingerprint density at radius 3 is 2.97 bits per heavy atom. The summed E-state index contributed by atoms with van der Waals surface area (Å²) in [5, 5.41) is 12.8. The lowest BCUT2D eigenvalue weighted by molar-refractivity contribution is -0.114. The largest absolute Gasteiger partial charge is 0.488 e. The number of hydrogen-bond acceptors (Lipinski definition) is 8. The van der Waals surface area contributed by atoms with Gasteiger partial charge in [-0.3, -0.25) is 4.79 Å². The quantitative estimate of drug-likeness (QED) is 0.336. The summed E-state index contributed by atoms with van der Waals surface area (Å²) in [6.07, 6.45) is 6.31. The molecule has 1 atom stereocenters. The normalized spacial score (nSPS) is 15.6. The van der Waals surface area contributed by atoms with Crippen molar-refractivity contribution in [3.63, 3.8) is 0 Å². The number of aliphatic hydroxyl groups excluding tert-OH is 1. The van der Waals surface area contributed by atoms with Crippen molar-refractivity contribution in [2.24, 2.45) is 0 Å². The van der Waals surface area contributed by atoms with Crippen LogP contribution >= 0.6 is 11.6 Å². The van der Waals surface area contributed by atoms with Gasteiger partial charge < -0.3 is 24.8 Å². The maximum atomic E-state index is 13.6. The predicted molar refractivity (Wildman–Crippen MR) is 141 cm³/mol. The standard InChI is InChI=1S/C27H30ClFN4O4/c1-33(9-3-10-34)8-2-4-20(35)12-18-13-22-25(15-26(18)37-21-7-11-36-16-21)30-17-31-27(22)32-19-5-6-24(29)23(28)14-19/h2,4-6,13-15,17,21,34H,3,7-12,16H2,1H3,(H,30,31,32)/b4-2+/t21-/m0/s1. The van der Waals surface area contributed by atoms with E-state index in [1.165, 1.54) is 18.5 Å². The number of likely N-dealkylation sites (N-methyl/N-ethyl adjacent to an activating group) is 1. The molecule has 1 saturated heterocycles. The number of hydrogen-bond donors (Lipinski definition) is 2. The Balaban J connectivity index is 1.60. The number of aliphatic hydroxyl groups is 1. The minimum atomic E-state index is -0.508. The zero-order valence-corrected chi connectivity index (χ0v) is 21.4. The smallest absolute Gasteiger partial charge is 0.159 e. The Bertz CT molecular complexity index is 1270. The second-order valence-corrected chi connectivity index (χ2v) is 9.35. The monoisotopic (exact) mass is 528 g/mol. The van der Waals surface area contributed by atoms with Crippen LogP contribution in [0.25, 0.3) is 10.9 Å². The number of rotatable bonds is 12. The molecule has 8 nitrogen and oxygen atoms in total. The third kappa shape index (κ3) is 7.45. The van der Waals surface area contributed by atoms with Gasteiger partial charge in [0.2, 0.25) is 0 Å². The van der Waals surface area contributed by atoms with Crippen molar-refractivity contribution < 1.29 is 23.8 Å². The summed E-state index contributed by atoms with van der Waals surface area (Å²) in [6.45, 7) is 2.62. The van der Waals surface area contributed by atoms with E-state index in [-0.39, 0.29) is 29.9 Å². The second-order valence-electron chi connectivity index (χ2n) is 8.94. The number of anilines is 2. The number of nitrogens with one attached hydrogen (secondary N) is 1. The zero-order valence-electron chi connectivity index (χ0n) is 20.6. The number of ether oxygens (including phenoxy) is 2. The molecule has 1 aliphatic heterocycles. The first-order valence-corrected chi connectivity index (χ1v) is 12.5. The number of fused-ring (bicyclic) bond motifs is 1. The van der Waals surface area contributed by atoms with Crippen LogP contribution in [-0.4, -0.2) is 71.8 Å². The highest BCUT2D eigenvalue weighted by atomic mass is 35.5. The number of allylic oxidation sites excluding steroid dienone is 1. The third-order valence-corrected chi connectivity index (χ3v) is 6.25. The molecule has 3 aromatic rings. The second kappa shape index (κ2) is 12.9. The van der Waals surface area contributed by atoms with Crippen molar-refractivity contribution in [3.05, 3.63) is 65.2 Å². The van der Waals surface area contributed by atoms with Gasteiger partial charge in [0.15, 0.2) is 5.78 Å². The molecule has 196 valence electrons. The van der Waals surface area contributed by atoms with Gasteiger partial charge in [0, 0.05) is 55.2 Å². The molecule has 2 N–H and O–H groups in total. The highest BCUT2D eigenvalue weighted by Crippen LogP contribution is 2.32. The van der Waals surface area contributed by atoms with Crippen LogP contribution in [0.15, 0.2) is 48.8 Å². The molecule has 1 aliphatic rings. The molecule has 0 radical (unpaired) electrons. The number of halogens is 2. The van der Waals surface area contributed by atoms with E-state index in [9.17, 15) is 9.18 Å². The van der Waals surface area contributed by atoms with Gasteiger partial charge in [0.1, 0.15) is 29.8 Å². The fourth-order valence-electron chi connectivity index (χ4n) is 4.01. The Labute approximate surface area is 220 Å². The average Bonchev–Trinajstić information content (AvgIpc) is 3.39. The number of benzene rings is 2. The topological polar surface area (TPSA) is 96.8 Å². The first kappa shape index (κ1) is 26.9. The Morgan fingerprint density at radius 1 is 1.35 bits per heavy atom. The van der Waals surface area contributed by atoms with Crippen LogP contribution in [0.2, 0.25) is 5.02 Å². The number of aromatic nitrogens is 2. The van der Waals surface area contributed by atoms with Gasteiger partial charge in [0.05, 0.1) is 23.8 Å². The van der Waals surface area contributed by atoms with Crippen molar-refractivity contribution in [2.45, 2.75) is 25.4 Å². The molecule has 2 heterocycles. The van der Waals surface area contributed by atoms with Crippen LogP contribution in [0.4, 0.5) is 15.9 Å². The summed E-state index contributed by atoms with van der Waals surface area (Å²) >= 11 is 5.94. The molecule has 0 saturated carbocycles. The Hall–Kier alpha value is -3.11. The van der Waals surface area contributed by atoms with Crippen LogP contribution in [0.3, 0.4) is 0 Å². The lowest BCUT2D eigenvalue weighted by Crippen LogP contribution is -2.20. The first-order valence-electron chi connectivity index (χ1n) is 12.2. The molecule has 37 heavy (non-hydrogen) atoms. The fourth-order valence-corrected chi connectivity index (χ4v) is 4.20. The summed E-state index contributed by atoms with van der Waals surface area (Å²) in [7, 11) is 1.94. The van der Waals surface area contributed by atoms with E-state index in [1.54, 1.807) is 12.1 Å². The molecule has 0 unspecified atom stereocenters. The molecule has 1 aromatic heterocycles. The molecule has 10 heteroatoms. The first-order chi connectivity index (χ1) is 17.9. The highest BCUT2D eigenvalue weighted by Gasteiger charge is 2.21. The maximum Gasteiger partial charge on any atom is 0.159 e. The van der Waals surface area contributed by atoms with E-state index < -0.39 is 5.82 Å². The molecule has 1 fully saturated rings. The SMILES string of the molecule is CN(C/C=C/C(=O)Cc1cc2c(Nc3ccc(F)c(Cl)c3)ncnc2cc1O[C@H]1CCOC1)CCCO. The van der Waals surface area contributed by atoms with Crippen LogP contribution in [0.5, 0.6) is 5.75 Å². The molecule has 0 spiro atoms. The van der Waals surface area contributed by atoms with E-state index in [0.717, 1.165) is 13.0 Å². The lowest BCUT2D eigenvalue weighted by Gasteiger charge is -2.17. The average molecular weight is 529 g/mol. The number of nitrogens with zero attached hydrogens (tertiary/aromatic N) is 3. The van der Waals surface area contributed by atoms with E-state index in [1.807, 2.05) is 30.2 Å². The molecule has 0 aliphatic carbocycles. The molecular weight excluding hydrogens is 499 g/mol. The lowest BCUT2D eigenvalue weighted by atomic mass is 10.0. The van der Waals surface area contributed by atoms with Gasteiger partial charge in [-0.05, 0) is 43.8 Å². The summed E-state index contributed by atoms with van der Waals surface area (Å²) in [6, 6.07) is 8.00. The van der Waals surface area contributed by atoms with Crippen LogP contribution in [0, 0.1) is 5.82 Å². The van der Waals surface area contributed by atoms with Gasteiger partial charge >= 0.3 is 0 Å². The molecular formula is C27H30ClFN4O4. The summed E-state index contributed by atoms with van der Waals surface area (Å²) < 4.78 is 25.3. The minimum Gasteiger partial charge on any atom is -0.488 e. The van der Waals surface area contributed by atoms with Crippen molar-refractivity contribution in [2.75, 3.05) is 45.3 Å². The van der Waals surface area contributed by atoms with Gasteiger partial charge in [-0.2, -0.15) is 0 Å². The fraction of sp³-hybridized carbons (Fsp3) is 0.370.